The van der Waals surface area contributed by atoms with Crippen LogP contribution in [0.1, 0.15) is 20.8 Å². The minimum absolute atomic E-state index is 0.0520. The second kappa shape index (κ2) is 8.12. The van der Waals surface area contributed by atoms with Crippen LogP contribution < -0.4 is 11.1 Å². The van der Waals surface area contributed by atoms with Gasteiger partial charge in [-0.1, -0.05) is 23.4 Å². The van der Waals surface area contributed by atoms with Gasteiger partial charge < -0.3 is 15.5 Å². The Hall–Kier alpha value is -2.36. The highest BCUT2D eigenvalue weighted by molar-refractivity contribution is 7.99. The van der Waals surface area contributed by atoms with Crippen LogP contribution in [0.4, 0.5) is 5.00 Å². The van der Waals surface area contributed by atoms with E-state index < -0.39 is 5.91 Å². The molecule has 0 aliphatic heterocycles. The number of hydrogen-bond acceptors (Lipinski definition) is 7. The number of nitrogens with one attached hydrogen (secondary N) is 1. The molecular formula is C17H15ClN4O3S2. The summed E-state index contributed by atoms with van der Waals surface area (Å²) in [6, 6.07) is 6.99. The fourth-order valence-electron chi connectivity index (χ4n) is 2.28. The summed E-state index contributed by atoms with van der Waals surface area (Å²) in [6.07, 6.45) is 0. The number of hydrogen-bond donors (Lipinski definition) is 2. The minimum atomic E-state index is -0.565. The Balaban J connectivity index is 1.63. The predicted octanol–water partition coefficient (Wildman–Crippen LogP) is 3.90. The molecule has 0 bridgehead atoms. The van der Waals surface area contributed by atoms with Crippen LogP contribution >= 0.6 is 34.7 Å². The van der Waals surface area contributed by atoms with Gasteiger partial charge in [0.05, 0.1) is 11.3 Å². The van der Waals surface area contributed by atoms with Crippen molar-refractivity contribution in [1.29, 1.82) is 0 Å². The van der Waals surface area contributed by atoms with Crippen molar-refractivity contribution in [3.63, 3.8) is 0 Å². The zero-order valence-corrected chi connectivity index (χ0v) is 16.8. The molecule has 2 amide bonds. The van der Waals surface area contributed by atoms with Crippen molar-refractivity contribution in [2.24, 2.45) is 5.73 Å². The third-order valence-corrected chi connectivity index (χ3v) is 5.90. The average molecular weight is 423 g/mol. The molecule has 0 aliphatic rings. The van der Waals surface area contributed by atoms with E-state index in [-0.39, 0.29) is 16.9 Å². The first-order valence-electron chi connectivity index (χ1n) is 7.77. The number of amides is 2. The minimum Gasteiger partial charge on any atom is -0.411 e. The molecule has 0 radical (unpaired) electrons. The van der Waals surface area contributed by atoms with Crippen LogP contribution in [0.2, 0.25) is 5.02 Å². The number of carbonyl (C=O) groups excluding carboxylic acids is 2. The molecule has 140 valence electrons. The number of nitrogens with two attached hydrogens (primary N) is 1. The lowest BCUT2D eigenvalue weighted by atomic mass is 10.1. The van der Waals surface area contributed by atoms with E-state index in [9.17, 15) is 9.59 Å². The van der Waals surface area contributed by atoms with Crippen molar-refractivity contribution in [3.05, 3.63) is 45.3 Å². The van der Waals surface area contributed by atoms with Gasteiger partial charge in [0.1, 0.15) is 5.00 Å². The molecule has 0 unspecified atom stereocenters. The molecule has 2 heterocycles. The molecule has 10 heteroatoms. The van der Waals surface area contributed by atoms with Gasteiger partial charge in [-0.05, 0) is 43.7 Å². The van der Waals surface area contributed by atoms with Crippen LogP contribution in [0.3, 0.4) is 0 Å². The monoisotopic (exact) mass is 422 g/mol. The van der Waals surface area contributed by atoms with Gasteiger partial charge in [0.2, 0.25) is 11.8 Å². The van der Waals surface area contributed by atoms with Crippen molar-refractivity contribution in [1.82, 2.24) is 10.2 Å². The molecule has 3 N–H and O–H groups in total. The Kier molecular flexibility index (Phi) is 5.83. The quantitative estimate of drug-likeness (QED) is 0.583. The van der Waals surface area contributed by atoms with Crippen molar-refractivity contribution < 1.29 is 14.0 Å². The zero-order chi connectivity index (χ0) is 19.6. The van der Waals surface area contributed by atoms with E-state index in [2.05, 4.69) is 15.5 Å². The molecule has 3 aromatic rings. The summed E-state index contributed by atoms with van der Waals surface area (Å²) in [6.45, 7) is 3.67. The first-order chi connectivity index (χ1) is 12.8. The first-order valence-corrected chi connectivity index (χ1v) is 9.95. The molecule has 0 saturated heterocycles. The Bertz CT molecular complexity index is 998. The average Bonchev–Trinajstić information content (AvgIpc) is 3.19. The maximum Gasteiger partial charge on any atom is 0.277 e. The summed E-state index contributed by atoms with van der Waals surface area (Å²) in [4.78, 5) is 24.7. The van der Waals surface area contributed by atoms with Gasteiger partial charge >= 0.3 is 0 Å². The molecule has 0 fully saturated rings. The van der Waals surface area contributed by atoms with Gasteiger partial charge in [-0.2, -0.15) is 0 Å². The standard InChI is InChI=1S/C17H15ClN4O3S2/c1-8-9(2)27-16(13(8)14(19)24)20-12(23)7-26-17-22-21-15(25-17)10-3-5-11(18)6-4-10/h3-6H,7H2,1-2H3,(H2,19,24)(H,20,23). The van der Waals surface area contributed by atoms with Gasteiger partial charge in [-0.25, -0.2) is 0 Å². The summed E-state index contributed by atoms with van der Waals surface area (Å²) < 4.78 is 5.54. The van der Waals surface area contributed by atoms with Crippen LogP contribution in [0.15, 0.2) is 33.9 Å². The van der Waals surface area contributed by atoms with Crippen molar-refractivity contribution in [3.8, 4) is 11.5 Å². The van der Waals surface area contributed by atoms with Crippen molar-refractivity contribution in [2.75, 3.05) is 11.1 Å². The predicted molar refractivity (Wildman–Crippen MR) is 106 cm³/mol. The number of aromatic nitrogens is 2. The fourth-order valence-corrected chi connectivity index (χ4v) is 4.05. The molecule has 0 aliphatic carbocycles. The van der Waals surface area contributed by atoms with Gasteiger partial charge in [-0.15, -0.1) is 21.5 Å². The van der Waals surface area contributed by atoms with Crippen molar-refractivity contribution >= 4 is 51.5 Å². The summed E-state index contributed by atoms with van der Waals surface area (Å²) in [5.74, 6) is -0.467. The van der Waals surface area contributed by atoms with E-state index in [1.54, 1.807) is 31.2 Å². The smallest absolute Gasteiger partial charge is 0.277 e. The van der Waals surface area contributed by atoms with Gasteiger partial charge in [-0.3, -0.25) is 9.59 Å². The normalized spacial score (nSPS) is 10.8. The molecule has 0 spiro atoms. The zero-order valence-electron chi connectivity index (χ0n) is 14.4. The maximum atomic E-state index is 12.2. The molecule has 1 aromatic carbocycles. The Morgan fingerprint density at radius 2 is 1.96 bits per heavy atom. The van der Waals surface area contributed by atoms with Crippen molar-refractivity contribution in [2.45, 2.75) is 19.1 Å². The Morgan fingerprint density at radius 3 is 2.63 bits per heavy atom. The number of anilines is 1. The number of thiophene rings is 1. The summed E-state index contributed by atoms with van der Waals surface area (Å²) in [5, 5.41) is 11.9. The molecule has 2 aromatic heterocycles. The lowest BCUT2D eigenvalue weighted by Gasteiger charge is -2.03. The van der Waals surface area contributed by atoms with Crippen LogP contribution in [0.5, 0.6) is 0 Å². The topological polar surface area (TPSA) is 111 Å². The summed E-state index contributed by atoms with van der Waals surface area (Å²) in [7, 11) is 0. The number of nitrogens with zero attached hydrogens (tertiary/aromatic N) is 2. The van der Waals surface area contributed by atoms with Crippen LogP contribution in [-0.2, 0) is 4.79 Å². The molecule has 7 nitrogen and oxygen atoms in total. The van der Waals surface area contributed by atoms with E-state index >= 15 is 0 Å². The highest BCUT2D eigenvalue weighted by Crippen LogP contribution is 2.32. The van der Waals surface area contributed by atoms with Gasteiger partial charge in [0, 0.05) is 15.5 Å². The molecule has 0 saturated carbocycles. The maximum absolute atomic E-state index is 12.2. The second-order valence-corrected chi connectivity index (χ2v) is 8.16. The molecule has 0 atom stereocenters. The van der Waals surface area contributed by atoms with E-state index in [4.69, 9.17) is 21.8 Å². The van der Waals surface area contributed by atoms with E-state index in [1.165, 1.54) is 11.3 Å². The first kappa shape index (κ1) is 19.4. The lowest BCUT2D eigenvalue weighted by molar-refractivity contribution is -0.113. The van der Waals surface area contributed by atoms with Crippen LogP contribution in [0, 0.1) is 13.8 Å². The van der Waals surface area contributed by atoms with E-state index in [0.717, 1.165) is 27.8 Å². The van der Waals surface area contributed by atoms with E-state index in [0.29, 0.717) is 21.5 Å². The Morgan fingerprint density at radius 1 is 1.26 bits per heavy atom. The van der Waals surface area contributed by atoms with Gasteiger partial charge in [0.25, 0.3) is 11.1 Å². The van der Waals surface area contributed by atoms with Crippen LogP contribution in [0.25, 0.3) is 11.5 Å². The number of primary amides is 1. The third kappa shape index (κ3) is 4.49. The molecule has 3 rings (SSSR count). The lowest BCUT2D eigenvalue weighted by Crippen LogP contribution is -2.18. The van der Waals surface area contributed by atoms with E-state index in [1.807, 2.05) is 6.92 Å². The number of benzene rings is 1. The number of thioether (sulfide) groups is 1. The number of halogens is 1. The largest absolute Gasteiger partial charge is 0.411 e. The molecule has 27 heavy (non-hydrogen) atoms. The second-order valence-electron chi connectivity index (χ2n) is 5.57. The fraction of sp³-hybridized carbons (Fsp3) is 0.176. The summed E-state index contributed by atoms with van der Waals surface area (Å²) in [5.41, 5.74) is 7.27. The summed E-state index contributed by atoms with van der Waals surface area (Å²) >= 11 is 8.27. The highest BCUT2D eigenvalue weighted by Gasteiger charge is 2.19. The Labute approximate surface area is 168 Å². The number of carbonyl (C=O) groups is 2. The van der Waals surface area contributed by atoms with Crippen LogP contribution in [-0.4, -0.2) is 27.8 Å². The third-order valence-electron chi connectivity index (χ3n) is 3.71. The SMILES string of the molecule is Cc1sc(NC(=O)CSc2nnc(-c3ccc(Cl)cc3)o2)c(C(N)=O)c1C. The number of aryl methyl sites for hydroxylation is 1. The number of rotatable bonds is 6. The highest BCUT2D eigenvalue weighted by atomic mass is 35.5. The molecular weight excluding hydrogens is 408 g/mol. The van der Waals surface area contributed by atoms with Gasteiger partial charge in [0.15, 0.2) is 0 Å².